The van der Waals surface area contributed by atoms with Gasteiger partial charge in [-0.1, -0.05) is 18.5 Å². The predicted octanol–water partition coefficient (Wildman–Crippen LogP) is 1.82. The third-order valence-electron chi connectivity index (χ3n) is 3.09. The minimum Gasteiger partial charge on any atom is -0.379 e. The van der Waals surface area contributed by atoms with E-state index in [4.69, 9.17) is 16.3 Å². The SMILES string of the molecule is CCc1nc(Cl)cc(NC(C)CN2CCOCC2)n1. The minimum absolute atomic E-state index is 0.314. The maximum atomic E-state index is 5.99. The molecule has 6 heteroatoms. The van der Waals surface area contributed by atoms with E-state index in [1.807, 2.05) is 6.92 Å². The molecule has 106 valence electrons. The smallest absolute Gasteiger partial charge is 0.134 e. The molecule has 5 nitrogen and oxygen atoms in total. The molecular weight excluding hydrogens is 264 g/mol. The van der Waals surface area contributed by atoms with E-state index in [1.165, 1.54) is 0 Å². The molecule has 1 aliphatic rings. The second kappa shape index (κ2) is 7.03. The van der Waals surface area contributed by atoms with Crippen LogP contribution in [0.5, 0.6) is 0 Å². The van der Waals surface area contributed by atoms with Crippen molar-refractivity contribution in [3.05, 3.63) is 17.0 Å². The van der Waals surface area contributed by atoms with Crippen molar-refractivity contribution in [1.82, 2.24) is 14.9 Å². The second-order valence-electron chi connectivity index (χ2n) is 4.80. The van der Waals surface area contributed by atoms with E-state index in [-0.39, 0.29) is 0 Å². The fourth-order valence-corrected chi connectivity index (χ4v) is 2.37. The number of nitrogens with zero attached hydrogens (tertiary/aromatic N) is 3. The molecule has 1 N–H and O–H groups in total. The standard InChI is InChI=1S/C13H21ClN4O/c1-3-12-16-11(14)8-13(17-12)15-10(2)9-18-4-6-19-7-5-18/h8,10H,3-7,9H2,1-2H3,(H,15,16,17). The summed E-state index contributed by atoms with van der Waals surface area (Å²) in [5, 5.41) is 3.88. The van der Waals surface area contributed by atoms with Crippen LogP contribution in [-0.4, -0.2) is 53.8 Å². The number of rotatable bonds is 5. The summed E-state index contributed by atoms with van der Waals surface area (Å²) in [6.07, 6.45) is 0.785. The number of anilines is 1. The van der Waals surface area contributed by atoms with E-state index in [0.717, 1.165) is 50.9 Å². The summed E-state index contributed by atoms with van der Waals surface area (Å²) >= 11 is 5.99. The maximum absolute atomic E-state index is 5.99. The highest BCUT2D eigenvalue weighted by atomic mass is 35.5. The van der Waals surface area contributed by atoms with Crippen LogP contribution in [0, 0.1) is 0 Å². The van der Waals surface area contributed by atoms with Crippen LogP contribution in [0.3, 0.4) is 0 Å². The van der Waals surface area contributed by atoms with Gasteiger partial charge in [-0.25, -0.2) is 9.97 Å². The minimum atomic E-state index is 0.314. The van der Waals surface area contributed by atoms with E-state index in [0.29, 0.717) is 11.2 Å². The van der Waals surface area contributed by atoms with E-state index in [9.17, 15) is 0 Å². The lowest BCUT2D eigenvalue weighted by molar-refractivity contribution is 0.0368. The van der Waals surface area contributed by atoms with Crippen LogP contribution < -0.4 is 5.32 Å². The number of aromatic nitrogens is 2. The number of halogens is 1. The highest BCUT2D eigenvalue weighted by Gasteiger charge is 2.14. The fraction of sp³-hybridized carbons (Fsp3) is 0.692. The first kappa shape index (κ1) is 14.5. The molecule has 1 unspecified atom stereocenters. The molecule has 0 amide bonds. The number of morpholine rings is 1. The van der Waals surface area contributed by atoms with Crippen molar-refractivity contribution in [2.75, 3.05) is 38.2 Å². The quantitative estimate of drug-likeness (QED) is 0.836. The van der Waals surface area contributed by atoms with Crippen LogP contribution in [-0.2, 0) is 11.2 Å². The number of ether oxygens (including phenoxy) is 1. The first-order chi connectivity index (χ1) is 9.17. The molecule has 0 aromatic carbocycles. The van der Waals surface area contributed by atoms with Crippen molar-refractivity contribution in [3.8, 4) is 0 Å². The van der Waals surface area contributed by atoms with Crippen molar-refractivity contribution in [2.45, 2.75) is 26.3 Å². The van der Waals surface area contributed by atoms with Gasteiger partial charge in [-0.15, -0.1) is 0 Å². The molecule has 1 fully saturated rings. The van der Waals surface area contributed by atoms with Gasteiger partial charge in [0.15, 0.2) is 0 Å². The Labute approximate surface area is 119 Å². The van der Waals surface area contributed by atoms with Crippen molar-refractivity contribution in [1.29, 1.82) is 0 Å². The monoisotopic (exact) mass is 284 g/mol. The Bertz CT molecular complexity index is 410. The topological polar surface area (TPSA) is 50.3 Å². The van der Waals surface area contributed by atoms with Crippen molar-refractivity contribution < 1.29 is 4.74 Å². The average Bonchev–Trinajstić information content (AvgIpc) is 2.38. The number of hydrogen-bond acceptors (Lipinski definition) is 5. The Kier molecular flexibility index (Phi) is 5.36. The molecule has 0 radical (unpaired) electrons. The van der Waals surface area contributed by atoms with Crippen molar-refractivity contribution >= 4 is 17.4 Å². The molecule has 0 bridgehead atoms. The first-order valence-electron chi connectivity index (χ1n) is 6.77. The van der Waals surface area contributed by atoms with E-state index >= 15 is 0 Å². The van der Waals surface area contributed by atoms with E-state index in [2.05, 4.69) is 27.1 Å². The lowest BCUT2D eigenvalue weighted by Gasteiger charge is -2.29. The number of hydrogen-bond donors (Lipinski definition) is 1. The van der Waals surface area contributed by atoms with Gasteiger partial charge in [-0.05, 0) is 6.92 Å². The Balaban J connectivity index is 1.90. The van der Waals surface area contributed by atoms with Crippen LogP contribution in [0.4, 0.5) is 5.82 Å². The first-order valence-corrected chi connectivity index (χ1v) is 7.15. The van der Waals surface area contributed by atoms with Gasteiger partial charge in [0.05, 0.1) is 13.2 Å². The molecule has 1 aromatic heterocycles. The summed E-state index contributed by atoms with van der Waals surface area (Å²) < 4.78 is 5.35. The van der Waals surface area contributed by atoms with Gasteiger partial charge in [0.1, 0.15) is 16.8 Å². The van der Waals surface area contributed by atoms with Gasteiger partial charge in [-0.2, -0.15) is 0 Å². The summed E-state index contributed by atoms with van der Waals surface area (Å²) in [5.74, 6) is 1.58. The molecule has 0 aliphatic carbocycles. The Morgan fingerprint density at radius 3 is 2.84 bits per heavy atom. The van der Waals surface area contributed by atoms with Crippen LogP contribution in [0.25, 0.3) is 0 Å². The Hall–Kier alpha value is -0.910. The van der Waals surface area contributed by atoms with E-state index in [1.54, 1.807) is 6.07 Å². The zero-order valence-corrected chi connectivity index (χ0v) is 12.3. The van der Waals surface area contributed by atoms with Crippen molar-refractivity contribution in [2.24, 2.45) is 0 Å². The molecular formula is C13H21ClN4O. The Morgan fingerprint density at radius 1 is 1.42 bits per heavy atom. The van der Waals surface area contributed by atoms with Crippen LogP contribution in [0.2, 0.25) is 5.15 Å². The Morgan fingerprint density at radius 2 is 2.16 bits per heavy atom. The molecule has 2 rings (SSSR count). The van der Waals surface area contributed by atoms with Gasteiger partial charge < -0.3 is 10.1 Å². The van der Waals surface area contributed by atoms with Gasteiger partial charge in [0.25, 0.3) is 0 Å². The third-order valence-corrected chi connectivity index (χ3v) is 3.28. The number of aryl methyl sites for hydroxylation is 1. The average molecular weight is 285 g/mol. The van der Waals surface area contributed by atoms with Gasteiger partial charge in [-0.3, -0.25) is 4.90 Å². The summed E-state index contributed by atoms with van der Waals surface area (Å²) in [4.78, 5) is 11.0. The normalized spacial score (nSPS) is 18.3. The third kappa shape index (κ3) is 4.60. The molecule has 2 heterocycles. The molecule has 19 heavy (non-hydrogen) atoms. The lowest BCUT2D eigenvalue weighted by atomic mass is 10.3. The van der Waals surface area contributed by atoms with Crippen LogP contribution in [0.1, 0.15) is 19.7 Å². The maximum Gasteiger partial charge on any atom is 0.134 e. The zero-order valence-electron chi connectivity index (χ0n) is 11.5. The van der Waals surface area contributed by atoms with Gasteiger partial charge in [0.2, 0.25) is 0 Å². The van der Waals surface area contributed by atoms with Gasteiger partial charge in [0, 0.05) is 38.2 Å². The molecule has 0 saturated carbocycles. The van der Waals surface area contributed by atoms with E-state index < -0.39 is 0 Å². The molecule has 1 atom stereocenters. The van der Waals surface area contributed by atoms with Crippen LogP contribution in [0.15, 0.2) is 6.07 Å². The summed E-state index contributed by atoms with van der Waals surface area (Å²) in [6.45, 7) is 8.79. The molecule has 1 aromatic rings. The fourth-order valence-electron chi connectivity index (χ4n) is 2.17. The zero-order chi connectivity index (χ0) is 13.7. The highest BCUT2D eigenvalue weighted by molar-refractivity contribution is 6.29. The van der Waals surface area contributed by atoms with Gasteiger partial charge >= 0.3 is 0 Å². The highest BCUT2D eigenvalue weighted by Crippen LogP contribution is 2.13. The lowest BCUT2D eigenvalue weighted by Crippen LogP contribution is -2.42. The molecule has 1 aliphatic heterocycles. The summed E-state index contributed by atoms with van der Waals surface area (Å²) in [7, 11) is 0. The largest absolute Gasteiger partial charge is 0.379 e. The number of nitrogens with one attached hydrogen (secondary N) is 1. The van der Waals surface area contributed by atoms with Crippen LogP contribution >= 0.6 is 11.6 Å². The predicted molar refractivity (Wildman–Crippen MR) is 76.8 cm³/mol. The summed E-state index contributed by atoms with van der Waals surface area (Å²) in [6, 6.07) is 2.09. The second-order valence-corrected chi connectivity index (χ2v) is 5.19. The summed E-state index contributed by atoms with van der Waals surface area (Å²) in [5.41, 5.74) is 0. The molecule has 1 saturated heterocycles. The molecule has 0 spiro atoms. The van der Waals surface area contributed by atoms with Crippen molar-refractivity contribution in [3.63, 3.8) is 0 Å².